The van der Waals surface area contributed by atoms with Crippen molar-refractivity contribution in [2.75, 3.05) is 24.7 Å². The van der Waals surface area contributed by atoms with E-state index in [1.54, 1.807) is 19.0 Å². The van der Waals surface area contributed by atoms with Crippen LogP contribution in [0.3, 0.4) is 0 Å². The van der Waals surface area contributed by atoms with Crippen LogP contribution in [-0.4, -0.2) is 30.2 Å². The second-order valence-corrected chi connectivity index (χ2v) is 2.83. The monoisotopic (exact) mass is 181 g/mol. The van der Waals surface area contributed by atoms with E-state index in [0.717, 1.165) is 0 Å². The number of hydrogen-bond donors (Lipinski definition) is 2. The lowest BCUT2D eigenvalue weighted by atomic mass is 10.2. The normalized spacial score (nSPS) is 9.69. The Morgan fingerprint density at radius 1 is 1.62 bits per heavy atom. The first kappa shape index (κ1) is 9.31. The average Bonchev–Trinajstić information content (AvgIpc) is 2.04. The second kappa shape index (κ2) is 3.30. The molecule has 0 amide bonds. The Morgan fingerprint density at radius 2 is 2.23 bits per heavy atom. The number of nitrogens with two attached hydrogens (primary N) is 1. The molecule has 0 saturated carbocycles. The molecule has 5 nitrogen and oxygen atoms in total. The number of pyridine rings is 1. The van der Waals surface area contributed by atoms with Crippen molar-refractivity contribution in [2.45, 2.75) is 0 Å². The summed E-state index contributed by atoms with van der Waals surface area (Å²) in [6.45, 7) is 0. The lowest BCUT2D eigenvalue weighted by molar-refractivity contribution is 0.0698. The van der Waals surface area contributed by atoms with Crippen LogP contribution in [0.5, 0.6) is 0 Å². The van der Waals surface area contributed by atoms with Crippen LogP contribution in [0.2, 0.25) is 0 Å². The van der Waals surface area contributed by atoms with Crippen molar-refractivity contribution < 1.29 is 9.90 Å². The van der Waals surface area contributed by atoms with E-state index in [4.69, 9.17) is 10.8 Å². The van der Waals surface area contributed by atoms with Crippen molar-refractivity contribution in [3.8, 4) is 0 Å². The third-order valence-corrected chi connectivity index (χ3v) is 1.61. The maximum absolute atomic E-state index is 10.7. The number of anilines is 2. The first-order valence-electron chi connectivity index (χ1n) is 3.68. The predicted molar refractivity (Wildman–Crippen MR) is 49.9 cm³/mol. The molecule has 0 radical (unpaired) electrons. The molecule has 13 heavy (non-hydrogen) atoms. The highest BCUT2D eigenvalue weighted by Crippen LogP contribution is 2.15. The first-order valence-corrected chi connectivity index (χ1v) is 3.68. The van der Waals surface area contributed by atoms with E-state index >= 15 is 0 Å². The van der Waals surface area contributed by atoms with Gasteiger partial charge in [0.15, 0.2) is 0 Å². The molecule has 0 aromatic carbocycles. The standard InChI is InChI=1S/C8H11N3O2/c1-11(2)7-3-5(8(12)13)6(9)4-10-7/h3-4H,9H2,1-2H3,(H,12,13). The van der Waals surface area contributed by atoms with Gasteiger partial charge < -0.3 is 15.7 Å². The van der Waals surface area contributed by atoms with Gasteiger partial charge in [-0.15, -0.1) is 0 Å². The van der Waals surface area contributed by atoms with E-state index in [-0.39, 0.29) is 11.3 Å². The molecular formula is C8H11N3O2. The van der Waals surface area contributed by atoms with Crippen LogP contribution in [0.15, 0.2) is 12.3 Å². The molecule has 3 N–H and O–H groups in total. The minimum absolute atomic E-state index is 0.0821. The number of rotatable bonds is 2. The fourth-order valence-corrected chi connectivity index (χ4v) is 0.885. The molecule has 0 aliphatic heterocycles. The lowest BCUT2D eigenvalue weighted by Gasteiger charge is -2.11. The van der Waals surface area contributed by atoms with Gasteiger partial charge in [-0.25, -0.2) is 9.78 Å². The molecule has 0 fully saturated rings. The average molecular weight is 181 g/mol. The molecule has 0 aliphatic carbocycles. The highest BCUT2D eigenvalue weighted by Gasteiger charge is 2.09. The molecule has 5 heteroatoms. The molecule has 0 atom stereocenters. The highest BCUT2D eigenvalue weighted by molar-refractivity contribution is 5.94. The second-order valence-electron chi connectivity index (χ2n) is 2.83. The summed E-state index contributed by atoms with van der Waals surface area (Å²) >= 11 is 0. The molecule has 0 spiro atoms. The minimum atomic E-state index is -1.04. The molecule has 1 rings (SSSR count). The largest absolute Gasteiger partial charge is 0.478 e. The topological polar surface area (TPSA) is 79.5 Å². The van der Waals surface area contributed by atoms with E-state index in [1.807, 2.05) is 0 Å². The SMILES string of the molecule is CN(C)c1cc(C(=O)O)c(N)cn1. The summed E-state index contributed by atoms with van der Waals surface area (Å²) < 4.78 is 0. The zero-order chi connectivity index (χ0) is 10.0. The number of nitrogens with zero attached hydrogens (tertiary/aromatic N) is 2. The van der Waals surface area contributed by atoms with Crippen molar-refractivity contribution in [1.82, 2.24) is 4.98 Å². The van der Waals surface area contributed by atoms with Crippen LogP contribution >= 0.6 is 0 Å². The Balaban J connectivity index is 3.19. The van der Waals surface area contributed by atoms with Gasteiger partial charge in [-0.1, -0.05) is 0 Å². The summed E-state index contributed by atoms with van der Waals surface area (Å²) in [7, 11) is 3.56. The van der Waals surface area contributed by atoms with Gasteiger partial charge in [-0.3, -0.25) is 0 Å². The van der Waals surface area contributed by atoms with Crippen LogP contribution in [0.4, 0.5) is 11.5 Å². The van der Waals surface area contributed by atoms with Crippen molar-refractivity contribution in [3.63, 3.8) is 0 Å². The number of aromatic carboxylic acids is 1. The van der Waals surface area contributed by atoms with Crippen LogP contribution in [0.25, 0.3) is 0 Å². The number of hydrogen-bond acceptors (Lipinski definition) is 4. The maximum atomic E-state index is 10.7. The van der Waals surface area contributed by atoms with Crippen LogP contribution < -0.4 is 10.6 Å². The van der Waals surface area contributed by atoms with Gasteiger partial charge in [0.05, 0.1) is 17.4 Å². The van der Waals surface area contributed by atoms with E-state index in [0.29, 0.717) is 5.82 Å². The van der Waals surface area contributed by atoms with Gasteiger partial charge in [0.25, 0.3) is 0 Å². The zero-order valence-corrected chi connectivity index (χ0v) is 7.48. The van der Waals surface area contributed by atoms with E-state index in [2.05, 4.69) is 4.98 Å². The Bertz CT molecular complexity index is 336. The van der Waals surface area contributed by atoms with Crippen molar-refractivity contribution in [1.29, 1.82) is 0 Å². The van der Waals surface area contributed by atoms with Gasteiger partial charge in [-0.05, 0) is 6.07 Å². The van der Waals surface area contributed by atoms with Crippen LogP contribution in [-0.2, 0) is 0 Å². The summed E-state index contributed by atoms with van der Waals surface area (Å²) in [6, 6.07) is 1.44. The molecule has 0 unspecified atom stereocenters. The molecule has 70 valence electrons. The number of carbonyl (C=O) groups is 1. The Hall–Kier alpha value is -1.78. The highest BCUT2D eigenvalue weighted by atomic mass is 16.4. The first-order chi connectivity index (χ1) is 6.02. The maximum Gasteiger partial charge on any atom is 0.337 e. The van der Waals surface area contributed by atoms with E-state index in [9.17, 15) is 4.79 Å². The smallest absolute Gasteiger partial charge is 0.337 e. The van der Waals surface area contributed by atoms with Crippen LogP contribution in [0.1, 0.15) is 10.4 Å². The molecule has 1 heterocycles. The molecule has 0 aliphatic rings. The molecule has 0 bridgehead atoms. The quantitative estimate of drug-likeness (QED) is 0.691. The Labute approximate surface area is 75.8 Å². The van der Waals surface area contributed by atoms with Gasteiger partial charge >= 0.3 is 5.97 Å². The number of aromatic nitrogens is 1. The molecule has 1 aromatic rings. The van der Waals surface area contributed by atoms with Crippen molar-refractivity contribution in [3.05, 3.63) is 17.8 Å². The molecular weight excluding hydrogens is 170 g/mol. The summed E-state index contributed by atoms with van der Waals surface area (Å²) in [5.74, 6) is -0.463. The molecule has 0 saturated heterocycles. The summed E-state index contributed by atoms with van der Waals surface area (Å²) in [5.41, 5.74) is 5.69. The van der Waals surface area contributed by atoms with Crippen molar-refractivity contribution >= 4 is 17.5 Å². The number of nitrogen functional groups attached to an aromatic ring is 1. The fourth-order valence-electron chi connectivity index (χ4n) is 0.885. The predicted octanol–water partition coefficient (Wildman–Crippen LogP) is 0.428. The van der Waals surface area contributed by atoms with Gasteiger partial charge in [0, 0.05) is 14.1 Å². The zero-order valence-electron chi connectivity index (χ0n) is 7.48. The lowest BCUT2D eigenvalue weighted by Crippen LogP contribution is -2.13. The Morgan fingerprint density at radius 3 is 2.69 bits per heavy atom. The summed E-state index contributed by atoms with van der Waals surface area (Å²) in [4.78, 5) is 16.3. The van der Waals surface area contributed by atoms with E-state index < -0.39 is 5.97 Å². The van der Waals surface area contributed by atoms with Gasteiger partial charge in [0.1, 0.15) is 5.82 Å². The summed E-state index contributed by atoms with van der Waals surface area (Å²) in [5, 5.41) is 8.75. The third-order valence-electron chi connectivity index (χ3n) is 1.61. The van der Waals surface area contributed by atoms with Crippen molar-refractivity contribution in [2.24, 2.45) is 0 Å². The van der Waals surface area contributed by atoms with Gasteiger partial charge in [-0.2, -0.15) is 0 Å². The van der Waals surface area contributed by atoms with Crippen LogP contribution in [0, 0.1) is 0 Å². The summed E-state index contributed by atoms with van der Waals surface area (Å²) in [6.07, 6.45) is 1.35. The number of carboxylic acids is 1. The van der Waals surface area contributed by atoms with Gasteiger partial charge in [0.2, 0.25) is 0 Å². The Kier molecular flexibility index (Phi) is 2.36. The molecule has 1 aromatic heterocycles. The number of carboxylic acid groups (broad SMARTS) is 1. The minimum Gasteiger partial charge on any atom is -0.478 e. The fraction of sp³-hybridized carbons (Fsp3) is 0.250. The van der Waals surface area contributed by atoms with E-state index in [1.165, 1.54) is 12.3 Å². The third kappa shape index (κ3) is 1.87.